The van der Waals surface area contributed by atoms with Crippen LogP contribution in [0.1, 0.15) is 59.9 Å². The number of nitrogens with one attached hydrogen (secondary N) is 2. The first-order chi connectivity index (χ1) is 18.1. The van der Waals surface area contributed by atoms with Gasteiger partial charge in [0, 0.05) is 68.2 Å². The molecule has 2 saturated heterocycles. The molecule has 4 amide bonds. The minimum absolute atomic E-state index is 0.0200. The summed E-state index contributed by atoms with van der Waals surface area (Å²) in [6, 6.07) is 14.5. The highest BCUT2D eigenvalue weighted by molar-refractivity contribution is 5.96. The molecule has 0 saturated carbocycles. The third-order valence-corrected chi connectivity index (χ3v) is 6.88. The van der Waals surface area contributed by atoms with E-state index in [0.29, 0.717) is 55.8 Å². The molecule has 2 fully saturated rings. The Bertz CT molecular complexity index is 1130. The van der Waals surface area contributed by atoms with Crippen molar-refractivity contribution < 1.29 is 19.5 Å². The molecule has 3 N–H and O–H groups in total. The fourth-order valence-electron chi connectivity index (χ4n) is 4.74. The number of amides is 4. The predicted octanol–water partition coefficient (Wildman–Crippen LogP) is 3.16. The van der Waals surface area contributed by atoms with Gasteiger partial charge < -0.3 is 25.5 Å². The molecule has 2 aliphatic heterocycles. The molecule has 0 atom stereocenters. The van der Waals surface area contributed by atoms with E-state index in [-0.39, 0.29) is 29.5 Å². The first kappa shape index (κ1) is 27.6. The van der Waals surface area contributed by atoms with Crippen LogP contribution in [0.2, 0.25) is 0 Å². The van der Waals surface area contributed by atoms with E-state index in [2.05, 4.69) is 15.5 Å². The molecule has 0 unspecified atom stereocenters. The maximum absolute atomic E-state index is 13.1. The van der Waals surface area contributed by atoms with Gasteiger partial charge in [0.2, 0.25) is 0 Å². The second-order valence-corrected chi connectivity index (χ2v) is 11.2. The van der Waals surface area contributed by atoms with E-state index in [0.717, 1.165) is 25.2 Å². The van der Waals surface area contributed by atoms with E-state index in [1.807, 2.05) is 49.9 Å². The van der Waals surface area contributed by atoms with Gasteiger partial charge in [-0.15, -0.1) is 0 Å². The molecular weight excluding hydrogens is 482 g/mol. The Kier molecular flexibility index (Phi) is 8.69. The maximum atomic E-state index is 13.1. The van der Waals surface area contributed by atoms with Crippen LogP contribution in [-0.2, 0) is 6.54 Å². The van der Waals surface area contributed by atoms with Gasteiger partial charge in [-0.3, -0.25) is 14.5 Å². The number of piperidine rings is 1. The van der Waals surface area contributed by atoms with Crippen molar-refractivity contribution in [2.24, 2.45) is 0 Å². The molecule has 2 aromatic rings. The number of nitrogens with zero attached hydrogens (tertiary/aromatic N) is 3. The molecule has 2 heterocycles. The van der Waals surface area contributed by atoms with Crippen molar-refractivity contribution >= 4 is 23.5 Å². The van der Waals surface area contributed by atoms with Crippen LogP contribution >= 0.6 is 0 Å². The maximum Gasteiger partial charge on any atom is 0.321 e. The first-order valence-electron chi connectivity index (χ1n) is 13.3. The van der Waals surface area contributed by atoms with E-state index in [4.69, 9.17) is 0 Å². The van der Waals surface area contributed by atoms with Gasteiger partial charge in [0.25, 0.3) is 11.8 Å². The number of anilines is 1. The summed E-state index contributed by atoms with van der Waals surface area (Å²) in [5.41, 5.74) is 2.67. The van der Waals surface area contributed by atoms with Crippen molar-refractivity contribution in [3.63, 3.8) is 0 Å². The third kappa shape index (κ3) is 7.55. The van der Waals surface area contributed by atoms with Gasteiger partial charge in [-0.2, -0.15) is 0 Å². The lowest BCUT2D eigenvalue weighted by molar-refractivity contribution is 0.0628. The van der Waals surface area contributed by atoms with Crippen LogP contribution in [0.3, 0.4) is 0 Å². The number of benzene rings is 2. The number of carbonyl (C=O) groups is 3. The van der Waals surface area contributed by atoms with Gasteiger partial charge in [-0.25, -0.2) is 4.79 Å². The Balaban J connectivity index is 1.25. The number of hydrogen-bond donors (Lipinski definition) is 3. The lowest BCUT2D eigenvalue weighted by Crippen LogP contribution is -2.48. The van der Waals surface area contributed by atoms with Gasteiger partial charge in [0.15, 0.2) is 0 Å². The zero-order valence-electron chi connectivity index (χ0n) is 22.6. The number of carbonyl (C=O) groups excluding carboxylic acids is 3. The molecule has 204 valence electrons. The molecular formula is C29H39N5O4. The number of hydrogen-bond acceptors (Lipinski definition) is 5. The first-order valence-corrected chi connectivity index (χ1v) is 13.3. The summed E-state index contributed by atoms with van der Waals surface area (Å²) in [6.45, 7) is 10.4. The molecule has 2 aromatic carbocycles. The molecule has 0 bridgehead atoms. The van der Waals surface area contributed by atoms with Crippen LogP contribution in [0.15, 0.2) is 48.5 Å². The summed E-state index contributed by atoms with van der Waals surface area (Å²) in [5.74, 6) is -0.0972. The van der Waals surface area contributed by atoms with Crippen molar-refractivity contribution in [1.29, 1.82) is 0 Å². The van der Waals surface area contributed by atoms with E-state index in [1.54, 1.807) is 29.2 Å². The van der Waals surface area contributed by atoms with Crippen molar-refractivity contribution in [2.45, 2.75) is 51.8 Å². The molecule has 0 spiro atoms. The van der Waals surface area contributed by atoms with Gasteiger partial charge >= 0.3 is 6.03 Å². The highest BCUT2D eigenvalue weighted by Gasteiger charge is 2.24. The fourth-order valence-corrected chi connectivity index (χ4v) is 4.74. The average molecular weight is 522 g/mol. The summed E-state index contributed by atoms with van der Waals surface area (Å²) >= 11 is 0. The molecule has 0 aromatic heterocycles. The topological polar surface area (TPSA) is 105 Å². The average Bonchev–Trinajstić information content (AvgIpc) is 2.89. The van der Waals surface area contributed by atoms with Gasteiger partial charge in [-0.05, 0) is 75.6 Å². The third-order valence-electron chi connectivity index (χ3n) is 6.88. The molecule has 38 heavy (non-hydrogen) atoms. The summed E-state index contributed by atoms with van der Waals surface area (Å²) < 4.78 is 0. The minimum atomic E-state index is -0.330. The zero-order valence-corrected chi connectivity index (χ0v) is 22.6. The predicted molar refractivity (Wildman–Crippen MR) is 147 cm³/mol. The molecule has 0 aliphatic carbocycles. The van der Waals surface area contributed by atoms with E-state index in [9.17, 15) is 19.5 Å². The number of likely N-dealkylation sites (tertiary alicyclic amines) is 1. The Labute approximate surface area is 224 Å². The highest BCUT2D eigenvalue weighted by atomic mass is 16.3. The van der Waals surface area contributed by atoms with Crippen molar-refractivity contribution in [3.8, 4) is 0 Å². The Hall–Kier alpha value is -3.43. The number of aliphatic hydroxyl groups is 1. The summed E-state index contributed by atoms with van der Waals surface area (Å²) in [7, 11) is 0. The summed E-state index contributed by atoms with van der Waals surface area (Å²) in [5, 5.41) is 15.5. The van der Waals surface area contributed by atoms with Crippen LogP contribution < -0.4 is 10.6 Å². The second kappa shape index (κ2) is 12.0. The molecule has 2 aliphatic rings. The zero-order chi connectivity index (χ0) is 27.3. The van der Waals surface area contributed by atoms with Crippen molar-refractivity contribution in [1.82, 2.24) is 20.0 Å². The number of urea groups is 1. The number of aliphatic hydroxyl groups excluding tert-OH is 1. The van der Waals surface area contributed by atoms with E-state index in [1.165, 1.54) is 0 Å². The van der Waals surface area contributed by atoms with E-state index < -0.39 is 0 Å². The standard InChI is InChI=1S/C29H39N5O4/c1-29(2,3)31-26(36)23-6-4-5-21(19-23)20-32-15-17-33(18-16-32)27(37)22-7-9-24(10-8-22)30-28(38)34-13-11-25(35)12-14-34/h4-10,19,25,35H,11-18,20H2,1-3H3,(H,30,38)(H,31,36). The molecule has 9 heteroatoms. The fraction of sp³-hybridized carbons (Fsp3) is 0.483. The van der Waals surface area contributed by atoms with Crippen LogP contribution in [-0.4, -0.2) is 88.6 Å². The van der Waals surface area contributed by atoms with Crippen LogP contribution in [0.5, 0.6) is 0 Å². The molecule has 9 nitrogen and oxygen atoms in total. The SMILES string of the molecule is CC(C)(C)NC(=O)c1cccc(CN2CCN(C(=O)c3ccc(NC(=O)N4CCC(O)CC4)cc3)CC2)c1. The normalized spacial score (nSPS) is 17.3. The largest absolute Gasteiger partial charge is 0.393 e. The molecule has 4 rings (SSSR count). The van der Waals surface area contributed by atoms with Crippen LogP contribution in [0.4, 0.5) is 10.5 Å². The minimum Gasteiger partial charge on any atom is -0.393 e. The van der Waals surface area contributed by atoms with Gasteiger partial charge in [0.05, 0.1) is 6.10 Å². The number of rotatable bonds is 5. The van der Waals surface area contributed by atoms with Crippen LogP contribution in [0, 0.1) is 0 Å². The lowest BCUT2D eigenvalue weighted by atomic mass is 10.1. The second-order valence-electron chi connectivity index (χ2n) is 11.2. The van der Waals surface area contributed by atoms with Crippen molar-refractivity contribution in [2.75, 3.05) is 44.6 Å². The van der Waals surface area contributed by atoms with E-state index >= 15 is 0 Å². The number of piperazine rings is 1. The Morgan fingerprint density at radius 2 is 1.53 bits per heavy atom. The van der Waals surface area contributed by atoms with Gasteiger partial charge in [0.1, 0.15) is 0 Å². The summed E-state index contributed by atoms with van der Waals surface area (Å²) in [6.07, 6.45) is 0.855. The highest BCUT2D eigenvalue weighted by Crippen LogP contribution is 2.17. The van der Waals surface area contributed by atoms with Gasteiger partial charge in [-0.1, -0.05) is 12.1 Å². The molecule has 0 radical (unpaired) electrons. The smallest absolute Gasteiger partial charge is 0.321 e. The monoisotopic (exact) mass is 521 g/mol. The lowest BCUT2D eigenvalue weighted by Gasteiger charge is -2.35. The van der Waals surface area contributed by atoms with Crippen LogP contribution in [0.25, 0.3) is 0 Å². The van der Waals surface area contributed by atoms with Crippen molar-refractivity contribution in [3.05, 3.63) is 65.2 Å². The quantitative estimate of drug-likeness (QED) is 0.561. The Morgan fingerprint density at radius 3 is 2.16 bits per heavy atom. The summed E-state index contributed by atoms with van der Waals surface area (Å²) in [4.78, 5) is 43.9. The Morgan fingerprint density at radius 1 is 0.868 bits per heavy atom.